The Kier molecular flexibility index (Phi) is 3.20. The molecular weight excluding hydrogens is 216 g/mol. The second-order valence-electron chi connectivity index (χ2n) is 4.06. The third kappa shape index (κ3) is 2.19. The lowest BCUT2D eigenvalue weighted by Crippen LogP contribution is -2.00. The maximum atomic E-state index is 10.2. The summed E-state index contributed by atoms with van der Waals surface area (Å²) < 4.78 is 10.4. The zero-order valence-corrected chi connectivity index (χ0v) is 10.2. The standard InChI is InChI=1S/C14H16O3/c1-9-8-11(4-5-13(9)16-3)14(15)12-6-7-17-10(12)2/h4-8,14-15H,1-3H3. The van der Waals surface area contributed by atoms with Crippen LogP contribution in [0.15, 0.2) is 34.9 Å². The van der Waals surface area contributed by atoms with Gasteiger partial charge >= 0.3 is 0 Å². The molecule has 0 amide bonds. The van der Waals surface area contributed by atoms with E-state index in [4.69, 9.17) is 9.15 Å². The Morgan fingerprint density at radius 1 is 1.24 bits per heavy atom. The van der Waals surface area contributed by atoms with Crippen molar-refractivity contribution in [2.75, 3.05) is 7.11 Å². The Morgan fingerprint density at radius 2 is 2.00 bits per heavy atom. The van der Waals surface area contributed by atoms with Crippen LogP contribution in [0.3, 0.4) is 0 Å². The SMILES string of the molecule is COc1ccc(C(O)c2ccoc2C)cc1C. The number of aryl methyl sites for hydroxylation is 2. The van der Waals surface area contributed by atoms with Crippen LogP contribution < -0.4 is 4.74 Å². The molecule has 3 nitrogen and oxygen atoms in total. The van der Waals surface area contributed by atoms with Gasteiger partial charge in [0.05, 0.1) is 13.4 Å². The largest absolute Gasteiger partial charge is 0.496 e. The number of hydrogen-bond donors (Lipinski definition) is 1. The van der Waals surface area contributed by atoms with Gasteiger partial charge in [-0.2, -0.15) is 0 Å². The number of aliphatic hydroxyl groups excluding tert-OH is 1. The molecule has 1 aromatic carbocycles. The second-order valence-corrected chi connectivity index (χ2v) is 4.06. The summed E-state index contributed by atoms with van der Waals surface area (Å²) in [6.07, 6.45) is 0.933. The molecule has 0 bridgehead atoms. The van der Waals surface area contributed by atoms with Crippen LogP contribution in [0.25, 0.3) is 0 Å². The molecule has 0 fully saturated rings. The number of benzene rings is 1. The van der Waals surface area contributed by atoms with Crippen molar-refractivity contribution in [2.45, 2.75) is 20.0 Å². The molecule has 2 rings (SSSR count). The van der Waals surface area contributed by atoms with Crippen molar-refractivity contribution in [3.05, 3.63) is 53.0 Å². The predicted molar refractivity (Wildman–Crippen MR) is 65.2 cm³/mol. The molecule has 0 aliphatic rings. The third-order valence-electron chi connectivity index (χ3n) is 2.93. The number of ether oxygens (including phenoxy) is 1. The normalized spacial score (nSPS) is 12.5. The average molecular weight is 232 g/mol. The predicted octanol–water partition coefficient (Wildman–Crippen LogP) is 2.99. The summed E-state index contributed by atoms with van der Waals surface area (Å²) in [4.78, 5) is 0. The van der Waals surface area contributed by atoms with E-state index < -0.39 is 6.10 Å². The molecule has 1 unspecified atom stereocenters. The van der Waals surface area contributed by atoms with Gasteiger partial charge in [0.15, 0.2) is 0 Å². The molecule has 0 saturated heterocycles. The van der Waals surface area contributed by atoms with Crippen molar-refractivity contribution in [2.24, 2.45) is 0 Å². The van der Waals surface area contributed by atoms with Crippen molar-refractivity contribution in [1.29, 1.82) is 0 Å². The van der Waals surface area contributed by atoms with E-state index in [0.29, 0.717) is 0 Å². The first-order valence-electron chi connectivity index (χ1n) is 5.50. The third-order valence-corrected chi connectivity index (χ3v) is 2.93. The lowest BCUT2D eigenvalue weighted by Gasteiger charge is -2.12. The van der Waals surface area contributed by atoms with Gasteiger partial charge in [0.2, 0.25) is 0 Å². The van der Waals surface area contributed by atoms with Gasteiger partial charge in [0.1, 0.15) is 17.6 Å². The number of aliphatic hydroxyl groups is 1. The maximum Gasteiger partial charge on any atom is 0.121 e. The van der Waals surface area contributed by atoms with Gasteiger partial charge in [0, 0.05) is 5.56 Å². The van der Waals surface area contributed by atoms with E-state index in [2.05, 4.69) is 0 Å². The molecule has 0 radical (unpaired) electrons. The van der Waals surface area contributed by atoms with Gasteiger partial charge < -0.3 is 14.3 Å². The molecule has 0 spiro atoms. The highest BCUT2D eigenvalue weighted by molar-refractivity contribution is 5.40. The van der Waals surface area contributed by atoms with Gasteiger partial charge in [-0.1, -0.05) is 6.07 Å². The molecule has 3 heteroatoms. The van der Waals surface area contributed by atoms with Crippen LogP contribution in [0, 0.1) is 13.8 Å². The van der Waals surface area contributed by atoms with Crippen LogP contribution >= 0.6 is 0 Å². The first kappa shape index (κ1) is 11.7. The summed E-state index contributed by atoms with van der Waals surface area (Å²) >= 11 is 0. The summed E-state index contributed by atoms with van der Waals surface area (Å²) in [5.41, 5.74) is 2.65. The molecule has 0 aliphatic heterocycles. The Labute approximate surface area is 101 Å². The highest BCUT2D eigenvalue weighted by Crippen LogP contribution is 2.28. The van der Waals surface area contributed by atoms with Crippen molar-refractivity contribution in [1.82, 2.24) is 0 Å². The van der Waals surface area contributed by atoms with Gasteiger partial charge in [0.25, 0.3) is 0 Å². The zero-order valence-electron chi connectivity index (χ0n) is 10.2. The molecule has 1 atom stereocenters. The Morgan fingerprint density at radius 3 is 2.53 bits per heavy atom. The fraction of sp³-hybridized carbons (Fsp3) is 0.286. The molecule has 1 aromatic heterocycles. The van der Waals surface area contributed by atoms with Gasteiger partial charge in [-0.3, -0.25) is 0 Å². The second kappa shape index (κ2) is 4.63. The molecule has 0 saturated carbocycles. The van der Waals surface area contributed by atoms with Gasteiger partial charge in [-0.25, -0.2) is 0 Å². The topological polar surface area (TPSA) is 42.6 Å². The number of methoxy groups -OCH3 is 1. The van der Waals surface area contributed by atoms with E-state index in [1.807, 2.05) is 32.0 Å². The van der Waals surface area contributed by atoms with Crippen molar-refractivity contribution in [3.63, 3.8) is 0 Å². The molecule has 1 heterocycles. The van der Waals surface area contributed by atoms with E-state index in [0.717, 1.165) is 28.2 Å². The lowest BCUT2D eigenvalue weighted by atomic mass is 10.0. The Hall–Kier alpha value is -1.74. The Bertz CT molecular complexity index is 514. The van der Waals surface area contributed by atoms with Gasteiger partial charge in [-0.15, -0.1) is 0 Å². The molecule has 1 N–H and O–H groups in total. The summed E-state index contributed by atoms with van der Waals surface area (Å²) in [6, 6.07) is 7.45. The van der Waals surface area contributed by atoms with E-state index in [-0.39, 0.29) is 0 Å². The first-order valence-corrected chi connectivity index (χ1v) is 5.50. The van der Waals surface area contributed by atoms with Crippen LogP contribution in [0.5, 0.6) is 5.75 Å². The summed E-state index contributed by atoms with van der Waals surface area (Å²) in [5.74, 6) is 1.57. The van der Waals surface area contributed by atoms with Crippen LogP contribution in [0.4, 0.5) is 0 Å². The number of rotatable bonds is 3. The molecular formula is C14H16O3. The fourth-order valence-corrected chi connectivity index (χ4v) is 1.93. The average Bonchev–Trinajstić information content (AvgIpc) is 2.74. The summed E-state index contributed by atoms with van der Waals surface area (Å²) in [6.45, 7) is 3.80. The molecule has 0 aliphatic carbocycles. The van der Waals surface area contributed by atoms with Crippen molar-refractivity contribution in [3.8, 4) is 5.75 Å². The van der Waals surface area contributed by atoms with E-state index >= 15 is 0 Å². The monoisotopic (exact) mass is 232 g/mol. The minimum absolute atomic E-state index is 0.654. The number of furan rings is 1. The highest BCUT2D eigenvalue weighted by atomic mass is 16.5. The molecule has 17 heavy (non-hydrogen) atoms. The van der Waals surface area contributed by atoms with E-state index in [9.17, 15) is 5.11 Å². The quantitative estimate of drug-likeness (QED) is 0.884. The van der Waals surface area contributed by atoms with Crippen LogP contribution in [-0.2, 0) is 0 Å². The summed E-state index contributed by atoms with van der Waals surface area (Å²) in [7, 11) is 1.64. The van der Waals surface area contributed by atoms with Crippen LogP contribution in [0.2, 0.25) is 0 Å². The van der Waals surface area contributed by atoms with Gasteiger partial charge in [-0.05, 0) is 43.2 Å². The molecule has 90 valence electrons. The lowest BCUT2D eigenvalue weighted by molar-refractivity contribution is 0.217. The van der Waals surface area contributed by atoms with Crippen LogP contribution in [0.1, 0.15) is 28.6 Å². The zero-order chi connectivity index (χ0) is 12.4. The van der Waals surface area contributed by atoms with Crippen LogP contribution in [-0.4, -0.2) is 12.2 Å². The first-order chi connectivity index (χ1) is 8.13. The minimum atomic E-state index is -0.654. The Balaban J connectivity index is 2.35. The van der Waals surface area contributed by atoms with Crippen molar-refractivity contribution >= 4 is 0 Å². The molecule has 2 aromatic rings. The maximum absolute atomic E-state index is 10.2. The highest BCUT2D eigenvalue weighted by Gasteiger charge is 2.15. The van der Waals surface area contributed by atoms with Crippen molar-refractivity contribution < 1.29 is 14.3 Å². The minimum Gasteiger partial charge on any atom is -0.496 e. The fourth-order valence-electron chi connectivity index (χ4n) is 1.93. The van der Waals surface area contributed by atoms with E-state index in [1.165, 1.54) is 0 Å². The number of hydrogen-bond acceptors (Lipinski definition) is 3. The van der Waals surface area contributed by atoms with E-state index in [1.54, 1.807) is 19.4 Å². The smallest absolute Gasteiger partial charge is 0.121 e. The summed E-state index contributed by atoms with van der Waals surface area (Å²) in [5, 5.41) is 10.2.